The Morgan fingerprint density at radius 1 is 1.07 bits per heavy atom. The van der Waals surface area contributed by atoms with Gasteiger partial charge in [0.25, 0.3) is 0 Å². The van der Waals surface area contributed by atoms with Crippen LogP contribution in [0.25, 0.3) is 0 Å². The lowest BCUT2D eigenvalue weighted by Gasteiger charge is -2.35. The summed E-state index contributed by atoms with van der Waals surface area (Å²) in [5.74, 6) is 0.981. The maximum Gasteiger partial charge on any atom is 0.318 e. The van der Waals surface area contributed by atoms with Gasteiger partial charge in [0, 0.05) is 50.3 Å². The quantitative estimate of drug-likeness (QED) is 0.753. The number of methoxy groups -OCH3 is 1. The highest BCUT2D eigenvalue weighted by atomic mass is 16.5. The fraction of sp³-hybridized carbons (Fsp3) is 0.429. The van der Waals surface area contributed by atoms with E-state index in [0.29, 0.717) is 43.6 Å². The van der Waals surface area contributed by atoms with Crippen LogP contribution < -0.4 is 20.3 Å². The van der Waals surface area contributed by atoms with E-state index >= 15 is 0 Å². The molecule has 1 aromatic heterocycles. The zero-order valence-corrected chi connectivity index (χ0v) is 17.5. The molecule has 3 rings (SSSR count). The summed E-state index contributed by atoms with van der Waals surface area (Å²) in [6.07, 6.45) is 3.41. The molecule has 1 saturated heterocycles. The summed E-state index contributed by atoms with van der Waals surface area (Å²) in [5.41, 5.74) is 0.621. The van der Waals surface area contributed by atoms with Crippen molar-refractivity contribution in [3.8, 4) is 5.75 Å². The van der Waals surface area contributed by atoms with Gasteiger partial charge in [-0.1, -0.05) is 19.9 Å². The largest absolute Gasteiger partial charge is 0.497 e. The van der Waals surface area contributed by atoms with Gasteiger partial charge >= 0.3 is 6.03 Å². The van der Waals surface area contributed by atoms with Crippen molar-refractivity contribution in [2.75, 3.05) is 43.5 Å². The number of nitrogens with zero attached hydrogens (tertiary/aromatic N) is 4. The van der Waals surface area contributed by atoms with Crippen LogP contribution >= 0.6 is 0 Å². The molecule has 30 heavy (non-hydrogen) atoms. The van der Waals surface area contributed by atoms with Crippen molar-refractivity contribution in [2.45, 2.75) is 19.9 Å². The van der Waals surface area contributed by atoms with E-state index in [9.17, 15) is 9.59 Å². The molecule has 0 aliphatic carbocycles. The predicted molar refractivity (Wildman–Crippen MR) is 115 cm³/mol. The molecule has 1 aromatic carbocycles. The lowest BCUT2D eigenvalue weighted by atomic mass is 10.0. The highest BCUT2D eigenvalue weighted by Crippen LogP contribution is 2.18. The number of hydrogen-bond donors (Lipinski definition) is 2. The number of rotatable bonds is 6. The number of nitrogens with one attached hydrogen (secondary N) is 2. The number of anilines is 2. The van der Waals surface area contributed by atoms with E-state index in [-0.39, 0.29) is 17.9 Å². The summed E-state index contributed by atoms with van der Waals surface area (Å²) in [4.78, 5) is 37.8. The molecule has 0 radical (unpaired) electrons. The summed E-state index contributed by atoms with van der Waals surface area (Å²) < 4.78 is 5.19. The maximum absolute atomic E-state index is 12.8. The second kappa shape index (κ2) is 9.91. The second-order valence-corrected chi connectivity index (χ2v) is 7.42. The van der Waals surface area contributed by atoms with Crippen LogP contribution in [0.2, 0.25) is 0 Å². The number of piperazine rings is 1. The molecule has 2 aromatic rings. The molecule has 2 heterocycles. The lowest BCUT2D eigenvalue weighted by molar-refractivity contribution is -0.118. The number of carbonyl (C=O) groups is 2. The molecular weight excluding hydrogens is 384 g/mol. The summed E-state index contributed by atoms with van der Waals surface area (Å²) in [7, 11) is 1.57. The van der Waals surface area contributed by atoms with Gasteiger partial charge in [0.05, 0.1) is 7.11 Å². The normalized spacial score (nSPS) is 14.9. The summed E-state index contributed by atoms with van der Waals surface area (Å²) >= 11 is 0. The molecule has 1 aliphatic rings. The van der Waals surface area contributed by atoms with Crippen molar-refractivity contribution in [3.63, 3.8) is 0 Å². The van der Waals surface area contributed by atoms with Gasteiger partial charge in [-0.25, -0.2) is 14.8 Å². The van der Waals surface area contributed by atoms with Crippen LogP contribution in [0.1, 0.15) is 13.8 Å². The molecule has 2 N–H and O–H groups in total. The van der Waals surface area contributed by atoms with E-state index in [1.54, 1.807) is 54.7 Å². The molecule has 1 fully saturated rings. The molecule has 9 heteroatoms. The van der Waals surface area contributed by atoms with Crippen molar-refractivity contribution < 1.29 is 14.3 Å². The van der Waals surface area contributed by atoms with Crippen molar-refractivity contribution in [1.29, 1.82) is 0 Å². The third kappa shape index (κ3) is 5.37. The van der Waals surface area contributed by atoms with Gasteiger partial charge in [0.2, 0.25) is 11.9 Å². The minimum absolute atomic E-state index is 0.0708. The Bertz CT molecular complexity index is 853. The van der Waals surface area contributed by atoms with Crippen LogP contribution in [0.4, 0.5) is 16.4 Å². The topological polar surface area (TPSA) is 99.7 Å². The van der Waals surface area contributed by atoms with Gasteiger partial charge in [-0.2, -0.15) is 0 Å². The Morgan fingerprint density at radius 2 is 1.77 bits per heavy atom. The second-order valence-electron chi connectivity index (χ2n) is 7.42. The Kier molecular flexibility index (Phi) is 7.05. The van der Waals surface area contributed by atoms with Crippen LogP contribution in [0.5, 0.6) is 5.75 Å². The van der Waals surface area contributed by atoms with E-state index in [2.05, 4.69) is 20.6 Å². The SMILES string of the molecule is COc1cccc(NC(=O)C(NC(=O)N2CCN(c3ncccn3)CC2)C(C)C)c1. The first-order valence-electron chi connectivity index (χ1n) is 10.00. The van der Waals surface area contributed by atoms with Gasteiger partial charge in [-0.3, -0.25) is 4.79 Å². The minimum atomic E-state index is -0.654. The zero-order chi connectivity index (χ0) is 21.5. The third-order valence-corrected chi connectivity index (χ3v) is 4.97. The van der Waals surface area contributed by atoms with E-state index in [1.165, 1.54) is 0 Å². The Labute approximate surface area is 176 Å². The first-order valence-corrected chi connectivity index (χ1v) is 10.00. The molecule has 0 saturated carbocycles. The first-order chi connectivity index (χ1) is 14.5. The van der Waals surface area contributed by atoms with Crippen molar-refractivity contribution in [3.05, 3.63) is 42.7 Å². The Morgan fingerprint density at radius 3 is 2.40 bits per heavy atom. The molecule has 3 amide bonds. The molecule has 1 aliphatic heterocycles. The van der Waals surface area contributed by atoms with Crippen LogP contribution in [0.15, 0.2) is 42.7 Å². The smallest absolute Gasteiger partial charge is 0.318 e. The monoisotopic (exact) mass is 412 g/mol. The first kappa shape index (κ1) is 21.4. The highest BCUT2D eigenvalue weighted by molar-refractivity contribution is 5.97. The van der Waals surface area contributed by atoms with Gasteiger partial charge in [-0.05, 0) is 24.1 Å². The fourth-order valence-corrected chi connectivity index (χ4v) is 3.24. The molecular formula is C21H28N6O3. The Hall–Kier alpha value is -3.36. The van der Waals surface area contributed by atoms with E-state index in [1.807, 2.05) is 18.7 Å². The van der Waals surface area contributed by atoms with Crippen LogP contribution in [-0.4, -0.2) is 66.1 Å². The van der Waals surface area contributed by atoms with Crippen LogP contribution in [0.3, 0.4) is 0 Å². The van der Waals surface area contributed by atoms with Crippen molar-refractivity contribution in [2.24, 2.45) is 5.92 Å². The minimum Gasteiger partial charge on any atom is -0.497 e. The molecule has 9 nitrogen and oxygen atoms in total. The average molecular weight is 412 g/mol. The van der Waals surface area contributed by atoms with Gasteiger partial charge in [-0.15, -0.1) is 0 Å². The third-order valence-electron chi connectivity index (χ3n) is 4.97. The lowest BCUT2D eigenvalue weighted by Crippen LogP contribution is -2.56. The van der Waals surface area contributed by atoms with Crippen molar-refractivity contribution in [1.82, 2.24) is 20.2 Å². The fourth-order valence-electron chi connectivity index (χ4n) is 3.24. The maximum atomic E-state index is 12.8. The molecule has 0 spiro atoms. The Balaban J connectivity index is 1.57. The number of hydrogen-bond acceptors (Lipinski definition) is 6. The number of amides is 3. The predicted octanol–water partition coefficient (Wildman–Crippen LogP) is 1.98. The standard InChI is InChI=1S/C21H28N6O3/c1-15(2)18(19(28)24-16-6-4-7-17(14-16)30-3)25-21(29)27-12-10-26(11-13-27)20-22-8-5-9-23-20/h4-9,14-15,18H,10-13H2,1-3H3,(H,24,28)(H,25,29). The van der Waals surface area contributed by atoms with E-state index in [0.717, 1.165) is 0 Å². The molecule has 0 bridgehead atoms. The van der Waals surface area contributed by atoms with Crippen LogP contribution in [-0.2, 0) is 4.79 Å². The summed E-state index contributed by atoms with van der Waals surface area (Å²) in [5, 5.41) is 5.74. The number of benzene rings is 1. The molecule has 160 valence electrons. The average Bonchev–Trinajstić information content (AvgIpc) is 2.77. The van der Waals surface area contributed by atoms with Gasteiger partial charge in [0.15, 0.2) is 0 Å². The summed E-state index contributed by atoms with van der Waals surface area (Å²) in [6.45, 7) is 6.15. The number of carbonyl (C=O) groups excluding carboxylic acids is 2. The zero-order valence-electron chi connectivity index (χ0n) is 17.5. The summed E-state index contributed by atoms with van der Waals surface area (Å²) in [6, 6.07) is 8.00. The molecule has 1 unspecified atom stereocenters. The number of aromatic nitrogens is 2. The van der Waals surface area contributed by atoms with Gasteiger partial charge < -0.3 is 25.2 Å². The molecule has 1 atom stereocenters. The van der Waals surface area contributed by atoms with E-state index in [4.69, 9.17) is 4.74 Å². The number of urea groups is 1. The number of ether oxygens (including phenoxy) is 1. The van der Waals surface area contributed by atoms with Crippen molar-refractivity contribution >= 4 is 23.6 Å². The highest BCUT2D eigenvalue weighted by Gasteiger charge is 2.28. The van der Waals surface area contributed by atoms with Gasteiger partial charge in [0.1, 0.15) is 11.8 Å². The van der Waals surface area contributed by atoms with E-state index < -0.39 is 6.04 Å². The van der Waals surface area contributed by atoms with Crippen LogP contribution in [0, 0.1) is 5.92 Å².